The molecule has 7 nitrogen and oxygen atoms in total. The topological polar surface area (TPSA) is 86.8 Å². The number of hydrogen-bond donors (Lipinski definition) is 1. The highest BCUT2D eigenvalue weighted by atomic mass is 32.2. The van der Waals surface area contributed by atoms with Gasteiger partial charge in [0.05, 0.1) is 10.6 Å². The highest BCUT2D eigenvalue weighted by Gasteiger charge is 2.31. The van der Waals surface area contributed by atoms with Crippen LogP contribution in [0.25, 0.3) is 0 Å². The second-order valence-electron chi connectivity index (χ2n) is 7.82. The Morgan fingerprint density at radius 2 is 1.77 bits per heavy atom. The number of hydrogen-bond acceptors (Lipinski definition) is 5. The summed E-state index contributed by atoms with van der Waals surface area (Å²) in [7, 11) is -3.61. The predicted molar refractivity (Wildman–Crippen MR) is 121 cm³/mol. The third-order valence-corrected chi connectivity index (χ3v) is 8.69. The summed E-state index contributed by atoms with van der Waals surface area (Å²) in [5, 5.41) is 2.86. The third kappa shape index (κ3) is 4.49. The normalized spacial score (nSPS) is 17.6. The largest absolute Gasteiger partial charge is 0.336 e. The Bertz CT molecular complexity index is 1140. The molecule has 0 radical (unpaired) electrons. The maximum absolute atomic E-state index is 13.1. The van der Waals surface area contributed by atoms with Crippen LogP contribution in [0.1, 0.15) is 27.9 Å². The van der Waals surface area contributed by atoms with Crippen LogP contribution in [0, 0.1) is 13.8 Å². The fourth-order valence-electron chi connectivity index (χ4n) is 3.79. The number of anilines is 1. The molecule has 2 heterocycles. The summed E-state index contributed by atoms with van der Waals surface area (Å²) in [5.41, 5.74) is 2.77. The molecule has 164 valence electrons. The van der Waals surface area contributed by atoms with Crippen molar-refractivity contribution in [1.82, 2.24) is 9.21 Å². The van der Waals surface area contributed by atoms with E-state index in [1.807, 2.05) is 25.1 Å². The SMILES string of the molecule is Cc1ccc(C)c(S(=O)(=O)N2CCN(C(=O)c3ccc4c(c3)NC(=O)CCS4)CC2)c1. The van der Waals surface area contributed by atoms with Crippen molar-refractivity contribution in [1.29, 1.82) is 0 Å². The molecule has 0 bridgehead atoms. The van der Waals surface area contributed by atoms with Crippen LogP contribution in [-0.4, -0.2) is 61.4 Å². The molecule has 2 aromatic rings. The molecule has 0 saturated carbocycles. The van der Waals surface area contributed by atoms with Crippen LogP contribution in [0.2, 0.25) is 0 Å². The summed E-state index contributed by atoms with van der Waals surface area (Å²) in [6.45, 7) is 4.80. The van der Waals surface area contributed by atoms with Gasteiger partial charge >= 0.3 is 0 Å². The first kappa shape index (κ1) is 21.9. The monoisotopic (exact) mass is 459 g/mol. The van der Waals surface area contributed by atoms with Crippen LogP contribution in [0.5, 0.6) is 0 Å². The van der Waals surface area contributed by atoms with Gasteiger partial charge in [-0.25, -0.2) is 8.42 Å². The van der Waals surface area contributed by atoms with Crippen LogP contribution in [0.4, 0.5) is 5.69 Å². The van der Waals surface area contributed by atoms with Gasteiger partial charge in [0.2, 0.25) is 15.9 Å². The second kappa shape index (κ2) is 8.64. The molecular formula is C22H25N3O4S2. The first-order valence-electron chi connectivity index (χ1n) is 10.2. The zero-order chi connectivity index (χ0) is 22.2. The smallest absolute Gasteiger partial charge is 0.254 e. The number of amides is 2. The molecule has 9 heteroatoms. The van der Waals surface area contributed by atoms with Crippen molar-refractivity contribution >= 4 is 39.3 Å². The molecule has 1 saturated heterocycles. The summed E-state index contributed by atoms with van der Waals surface area (Å²) < 4.78 is 27.7. The maximum atomic E-state index is 13.1. The van der Waals surface area contributed by atoms with Crippen molar-refractivity contribution in [3.05, 3.63) is 53.1 Å². The summed E-state index contributed by atoms with van der Waals surface area (Å²) in [5.74, 6) is 0.499. The van der Waals surface area contributed by atoms with E-state index in [1.54, 1.807) is 41.8 Å². The van der Waals surface area contributed by atoms with Gasteiger partial charge in [0.25, 0.3) is 5.91 Å². The molecule has 2 aliphatic heterocycles. The molecule has 2 aliphatic rings. The van der Waals surface area contributed by atoms with E-state index >= 15 is 0 Å². The molecule has 31 heavy (non-hydrogen) atoms. The zero-order valence-corrected chi connectivity index (χ0v) is 19.2. The first-order valence-corrected chi connectivity index (χ1v) is 12.6. The fourth-order valence-corrected chi connectivity index (χ4v) is 6.46. The fraction of sp³-hybridized carbons (Fsp3) is 0.364. The molecule has 4 rings (SSSR count). The Balaban J connectivity index is 1.47. The molecular weight excluding hydrogens is 434 g/mol. The van der Waals surface area contributed by atoms with Crippen LogP contribution in [-0.2, 0) is 14.8 Å². The molecule has 2 amide bonds. The van der Waals surface area contributed by atoms with Crippen LogP contribution < -0.4 is 5.32 Å². The van der Waals surface area contributed by atoms with Crippen molar-refractivity contribution < 1.29 is 18.0 Å². The lowest BCUT2D eigenvalue weighted by Gasteiger charge is -2.34. The van der Waals surface area contributed by atoms with E-state index in [2.05, 4.69) is 5.32 Å². The van der Waals surface area contributed by atoms with Crippen molar-refractivity contribution in [3.8, 4) is 0 Å². The number of aryl methyl sites for hydroxylation is 2. The van der Waals surface area contributed by atoms with Gasteiger partial charge in [-0.15, -0.1) is 11.8 Å². The maximum Gasteiger partial charge on any atom is 0.254 e. The molecule has 1 fully saturated rings. The number of rotatable bonds is 3. The van der Waals surface area contributed by atoms with Crippen molar-refractivity contribution in [2.75, 3.05) is 37.2 Å². The molecule has 0 atom stereocenters. The van der Waals surface area contributed by atoms with E-state index in [0.29, 0.717) is 47.0 Å². The third-order valence-electron chi connectivity index (χ3n) is 5.57. The molecule has 2 aromatic carbocycles. The number of nitrogens with zero attached hydrogens (tertiary/aromatic N) is 2. The highest BCUT2D eigenvalue weighted by Crippen LogP contribution is 2.32. The minimum absolute atomic E-state index is 0.0545. The Labute approximate surface area is 186 Å². The van der Waals surface area contributed by atoms with Crippen LogP contribution >= 0.6 is 11.8 Å². The van der Waals surface area contributed by atoms with E-state index in [0.717, 1.165) is 10.5 Å². The minimum atomic E-state index is -3.61. The van der Waals surface area contributed by atoms with Crippen molar-refractivity contribution in [3.63, 3.8) is 0 Å². The number of thioether (sulfide) groups is 1. The molecule has 0 aliphatic carbocycles. The lowest BCUT2D eigenvalue weighted by molar-refractivity contribution is -0.115. The van der Waals surface area contributed by atoms with Crippen LogP contribution in [0.3, 0.4) is 0 Å². The van der Waals surface area contributed by atoms with Gasteiger partial charge in [0, 0.05) is 48.8 Å². The van der Waals surface area contributed by atoms with E-state index in [9.17, 15) is 18.0 Å². The summed E-state index contributed by atoms with van der Waals surface area (Å²) in [4.78, 5) is 27.8. The van der Waals surface area contributed by atoms with Gasteiger partial charge in [-0.3, -0.25) is 9.59 Å². The predicted octanol–water partition coefficient (Wildman–Crippen LogP) is 2.88. The first-order chi connectivity index (χ1) is 14.8. The lowest BCUT2D eigenvalue weighted by atomic mass is 10.1. The highest BCUT2D eigenvalue weighted by molar-refractivity contribution is 7.99. The minimum Gasteiger partial charge on any atom is -0.336 e. The molecule has 0 unspecified atom stereocenters. The Morgan fingerprint density at radius 3 is 2.52 bits per heavy atom. The number of carbonyl (C=O) groups excluding carboxylic acids is 2. The number of nitrogens with one attached hydrogen (secondary N) is 1. The number of benzene rings is 2. The Hall–Kier alpha value is -2.36. The van der Waals surface area contributed by atoms with E-state index in [-0.39, 0.29) is 24.9 Å². The Morgan fingerprint density at radius 1 is 1.03 bits per heavy atom. The number of fused-ring (bicyclic) bond motifs is 1. The lowest BCUT2D eigenvalue weighted by Crippen LogP contribution is -2.50. The zero-order valence-electron chi connectivity index (χ0n) is 17.6. The average molecular weight is 460 g/mol. The van der Waals surface area contributed by atoms with Gasteiger partial charge in [-0.1, -0.05) is 12.1 Å². The van der Waals surface area contributed by atoms with Crippen LogP contribution in [0.15, 0.2) is 46.2 Å². The molecule has 0 aromatic heterocycles. The number of sulfonamides is 1. The van der Waals surface area contributed by atoms with E-state index in [4.69, 9.17) is 0 Å². The standard InChI is InChI=1S/C22H25N3O4S2/c1-15-3-4-16(2)20(13-15)31(28,29)25-10-8-24(9-11-25)22(27)17-5-6-19-18(14-17)23-21(26)7-12-30-19/h3-6,13-14H,7-12H2,1-2H3,(H,23,26). The van der Waals surface area contributed by atoms with E-state index < -0.39 is 10.0 Å². The van der Waals surface area contributed by atoms with Crippen molar-refractivity contribution in [2.45, 2.75) is 30.1 Å². The summed E-state index contributed by atoms with van der Waals surface area (Å²) in [6.07, 6.45) is 0.444. The summed E-state index contributed by atoms with van der Waals surface area (Å²) >= 11 is 1.59. The number of carbonyl (C=O) groups is 2. The second-order valence-corrected chi connectivity index (χ2v) is 10.9. The van der Waals surface area contributed by atoms with Gasteiger partial charge in [0.15, 0.2) is 0 Å². The quantitative estimate of drug-likeness (QED) is 0.763. The Kier molecular flexibility index (Phi) is 6.09. The summed E-state index contributed by atoms with van der Waals surface area (Å²) in [6, 6.07) is 10.8. The average Bonchev–Trinajstić information content (AvgIpc) is 2.94. The van der Waals surface area contributed by atoms with Gasteiger partial charge in [-0.2, -0.15) is 4.31 Å². The molecule has 0 spiro atoms. The van der Waals surface area contributed by atoms with Gasteiger partial charge in [0.1, 0.15) is 0 Å². The van der Waals surface area contributed by atoms with Gasteiger partial charge in [-0.05, 0) is 49.2 Å². The molecule has 1 N–H and O–H groups in total. The van der Waals surface area contributed by atoms with E-state index in [1.165, 1.54) is 4.31 Å². The number of piperazine rings is 1. The van der Waals surface area contributed by atoms with Gasteiger partial charge < -0.3 is 10.2 Å². The van der Waals surface area contributed by atoms with Crippen molar-refractivity contribution in [2.24, 2.45) is 0 Å².